The lowest BCUT2D eigenvalue weighted by Crippen LogP contribution is -2.46. The molecule has 2 amide bonds. The number of ketones is 1. The van der Waals surface area contributed by atoms with Gasteiger partial charge in [-0.2, -0.15) is 0 Å². The molecular weight excluding hydrogens is 398 g/mol. The smallest absolute Gasteiger partial charge is 0.336 e. The van der Waals surface area contributed by atoms with Crippen molar-refractivity contribution in [2.24, 2.45) is 5.92 Å². The topological polar surface area (TPSA) is 99.9 Å². The molecule has 31 heavy (non-hydrogen) atoms. The lowest BCUT2D eigenvalue weighted by molar-refractivity contribution is -0.138. The maximum absolute atomic E-state index is 12.5. The number of amides is 2. The van der Waals surface area contributed by atoms with Crippen molar-refractivity contribution in [3.63, 3.8) is 0 Å². The second kappa shape index (κ2) is 10.2. The summed E-state index contributed by atoms with van der Waals surface area (Å²) < 4.78 is 5.28. The number of likely N-dealkylation sites (N-methyl/N-ethyl adjacent to an activating group) is 1. The van der Waals surface area contributed by atoms with E-state index >= 15 is 0 Å². The Labute approximate surface area is 182 Å². The van der Waals surface area contributed by atoms with Gasteiger partial charge in [0, 0.05) is 44.3 Å². The van der Waals surface area contributed by atoms with Gasteiger partial charge in [0.2, 0.25) is 11.8 Å². The largest absolute Gasteiger partial charge is 0.423 e. The summed E-state index contributed by atoms with van der Waals surface area (Å²) in [5, 5.41) is 3.25. The summed E-state index contributed by atoms with van der Waals surface area (Å²) in [5.74, 6) is -0.573. The lowest BCUT2D eigenvalue weighted by Gasteiger charge is -2.27. The zero-order chi connectivity index (χ0) is 23.3. The van der Waals surface area contributed by atoms with Crippen molar-refractivity contribution in [3.8, 4) is 0 Å². The Balaban J connectivity index is 2.09. The second-order valence-corrected chi connectivity index (χ2v) is 8.38. The number of Topliss-reactive ketones (excluding diaryl/α,β-unsaturated/α-hetero) is 1. The van der Waals surface area contributed by atoms with Gasteiger partial charge in [0.1, 0.15) is 5.58 Å². The van der Waals surface area contributed by atoms with E-state index in [0.717, 1.165) is 5.69 Å². The Morgan fingerprint density at radius 3 is 2.35 bits per heavy atom. The minimum atomic E-state index is -0.542. The van der Waals surface area contributed by atoms with Crippen LogP contribution in [0.2, 0.25) is 0 Å². The van der Waals surface area contributed by atoms with Crippen LogP contribution in [0.25, 0.3) is 11.0 Å². The first-order chi connectivity index (χ1) is 14.5. The van der Waals surface area contributed by atoms with Gasteiger partial charge in [-0.15, -0.1) is 0 Å². The number of nitrogens with zero attached hydrogens (tertiary/aromatic N) is 2. The highest BCUT2D eigenvalue weighted by molar-refractivity contribution is 5.92. The van der Waals surface area contributed by atoms with E-state index in [0.29, 0.717) is 23.0 Å². The fraction of sp³-hybridized carbons (Fsp3) is 0.478. The zero-order valence-corrected chi connectivity index (χ0v) is 19.0. The molecule has 0 spiro atoms. The maximum atomic E-state index is 12.5. The number of anilines is 1. The number of hydrogen-bond acceptors (Lipinski definition) is 6. The number of hydrogen-bond donors (Lipinski definition) is 1. The molecule has 0 fully saturated rings. The molecule has 8 nitrogen and oxygen atoms in total. The first-order valence-corrected chi connectivity index (χ1v) is 10.3. The van der Waals surface area contributed by atoms with E-state index in [1.54, 1.807) is 19.2 Å². The quantitative estimate of drug-likeness (QED) is 0.612. The third-order valence-electron chi connectivity index (χ3n) is 5.14. The molecular formula is C23H31N3O5. The average molecular weight is 430 g/mol. The SMILES string of the molecule is CC(=O)[C@H](CC(C)C)N(C)C(=O)CNC(=O)Cc1cc(=O)oc2cc(N(C)C)ccc12. The maximum Gasteiger partial charge on any atom is 0.336 e. The summed E-state index contributed by atoms with van der Waals surface area (Å²) in [4.78, 5) is 52.1. The van der Waals surface area contributed by atoms with Crippen molar-refractivity contribution in [2.45, 2.75) is 39.7 Å². The van der Waals surface area contributed by atoms with E-state index in [4.69, 9.17) is 4.42 Å². The Morgan fingerprint density at radius 2 is 1.77 bits per heavy atom. The number of benzene rings is 1. The monoisotopic (exact) mass is 429 g/mol. The van der Waals surface area contributed by atoms with Gasteiger partial charge in [-0.05, 0) is 37.0 Å². The van der Waals surface area contributed by atoms with E-state index < -0.39 is 17.6 Å². The molecule has 2 aromatic rings. The van der Waals surface area contributed by atoms with Crippen LogP contribution in [0.1, 0.15) is 32.8 Å². The first-order valence-electron chi connectivity index (χ1n) is 10.3. The highest BCUT2D eigenvalue weighted by Gasteiger charge is 2.25. The minimum absolute atomic E-state index is 0.0669. The molecule has 8 heteroatoms. The summed E-state index contributed by atoms with van der Waals surface area (Å²) in [6, 6.07) is 6.20. The summed E-state index contributed by atoms with van der Waals surface area (Å²) in [6.07, 6.45) is 0.495. The first kappa shape index (κ1) is 24.1. The van der Waals surface area contributed by atoms with Crippen LogP contribution >= 0.6 is 0 Å². The summed E-state index contributed by atoms with van der Waals surface area (Å²) >= 11 is 0. The second-order valence-electron chi connectivity index (χ2n) is 8.38. The normalized spacial score (nSPS) is 12.0. The summed E-state index contributed by atoms with van der Waals surface area (Å²) in [7, 11) is 5.33. The third kappa shape index (κ3) is 6.41. The molecule has 0 saturated carbocycles. The fourth-order valence-electron chi connectivity index (χ4n) is 3.39. The van der Waals surface area contributed by atoms with Crippen molar-refractivity contribution < 1.29 is 18.8 Å². The molecule has 0 unspecified atom stereocenters. The van der Waals surface area contributed by atoms with Crippen molar-refractivity contribution in [3.05, 3.63) is 40.2 Å². The van der Waals surface area contributed by atoms with Gasteiger partial charge in [0.15, 0.2) is 5.78 Å². The van der Waals surface area contributed by atoms with Crippen molar-refractivity contribution >= 4 is 34.3 Å². The molecule has 0 bridgehead atoms. The number of fused-ring (bicyclic) bond motifs is 1. The van der Waals surface area contributed by atoms with Gasteiger partial charge < -0.3 is 19.5 Å². The van der Waals surface area contributed by atoms with Crippen LogP contribution in [0, 0.1) is 5.92 Å². The van der Waals surface area contributed by atoms with Gasteiger partial charge >= 0.3 is 5.63 Å². The van der Waals surface area contributed by atoms with Gasteiger partial charge in [-0.25, -0.2) is 4.79 Å². The lowest BCUT2D eigenvalue weighted by atomic mass is 10.00. The Morgan fingerprint density at radius 1 is 1.10 bits per heavy atom. The van der Waals surface area contributed by atoms with Crippen LogP contribution in [0.5, 0.6) is 0 Å². The van der Waals surface area contributed by atoms with Crippen molar-refractivity contribution in [2.75, 3.05) is 32.6 Å². The molecule has 0 aliphatic heterocycles. The predicted molar refractivity (Wildman–Crippen MR) is 120 cm³/mol. The Hall–Kier alpha value is -3.16. The molecule has 0 aliphatic rings. The molecule has 0 saturated heterocycles. The fourth-order valence-corrected chi connectivity index (χ4v) is 3.39. The van der Waals surface area contributed by atoms with Gasteiger partial charge in [-0.1, -0.05) is 13.8 Å². The van der Waals surface area contributed by atoms with Crippen molar-refractivity contribution in [1.82, 2.24) is 10.2 Å². The zero-order valence-electron chi connectivity index (χ0n) is 19.0. The standard InChI is InChI=1S/C23H31N3O5/c1-14(2)9-19(15(3)27)26(6)22(29)13-24-21(28)10-16-11-23(30)31-20-12-17(25(4)5)7-8-18(16)20/h7-8,11-12,14,19H,9-10,13H2,1-6H3,(H,24,28)/t19-/m0/s1. The van der Waals surface area contributed by atoms with Crippen LogP contribution in [0.15, 0.2) is 33.5 Å². The molecule has 2 rings (SSSR count). The number of carbonyl (C=O) groups excluding carboxylic acids is 3. The number of carbonyl (C=O) groups is 3. The van der Waals surface area contributed by atoms with Gasteiger partial charge in [0.25, 0.3) is 0 Å². The molecule has 1 aromatic heterocycles. The van der Waals surface area contributed by atoms with Crippen LogP contribution in [-0.4, -0.2) is 56.2 Å². The van der Waals surface area contributed by atoms with Gasteiger partial charge in [-0.3, -0.25) is 14.4 Å². The summed E-state index contributed by atoms with van der Waals surface area (Å²) in [6.45, 7) is 5.21. The Bertz CT molecular complexity index is 1030. The molecule has 168 valence electrons. The van der Waals surface area contributed by atoms with E-state index in [9.17, 15) is 19.2 Å². The number of rotatable bonds is 9. The highest BCUT2D eigenvalue weighted by Crippen LogP contribution is 2.23. The average Bonchev–Trinajstić information content (AvgIpc) is 2.68. The molecule has 1 atom stereocenters. The number of nitrogens with one attached hydrogen (secondary N) is 1. The van der Waals surface area contributed by atoms with Crippen molar-refractivity contribution in [1.29, 1.82) is 0 Å². The molecule has 1 heterocycles. The highest BCUT2D eigenvalue weighted by atomic mass is 16.4. The predicted octanol–water partition coefficient (Wildman–Crippen LogP) is 1.98. The molecule has 1 N–H and O–H groups in total. The third-order valence-corrected chi connectivity index (χ3v) is 5.14. The van der Waals surface area contributed by atoms with Crippen LogP contribution < -0.4 is 15.8 Å². The minimum Gasteiger partial charge on any atom is -0.423 e. The van der Waals surface area contributed by atoms with Crippen LogP contribution in [-0.2, 0) is 20.8 Å². The molecule has 0 aliphatic carbocycles. The van der Waals surface area contributed by atoms with E-state index in [2.05, 4.69) is 5.32 Å². The van der Waals surface area contributed by atoms with E-state index in [1.807, 2.05) is 38.9 Å². The van der Waals surface area contributed by atoms with E-state index in [-0.39, 0.29) is 30.6 Å². The molecule has 1 aromatic carbocycles. The van der Waals surface area contributed by atoms with Gasteiger partial charge in [0.05, 0.1) is 19.0 Å². The molecule has 0 radical (unpaired) electrons. The Kier molecular flexibility index (Phi) is 7.96. The van der Waals surface area contributed by atoms with Crippen LogP contribution in [0.4, 0.5) is 5.69 Å². The van der Waals surface area contributed by atoms with E-state index in [1.165, 1.54) is 17.9 Å². The van der Waals surface area contributed by atoms with Crippen LogP contribution in [0.3, 0.4) is 0 Å². The summed E-state index contributed by atoms with van der Waals surface area (Å²) in [5.41, 5.74) is 1.25.